The zero-order valence-electron chi connectivity index (χ0n) is 10.4. The summed E-state index contributed by atoms with van der Waals surface area (Å²) in [6, 6.07) is 0.741. The van der Waals surface area contributed by atoms with Crippen molar-refractivity contribution in [3.05, 3.63) is 0 Å². The molecule has 0 saturated carbocycles. The van der Waals surface area contributed by atoms with Crippen molar-refractivity contribution >= 4 is 0 Å². The molecular weight excluding hydrogens is 172 g/mol. The van der Waals surface area contributed by atoms with E-state index >= 15 is 0 Å². The van der Waals surface area contributed by atoms with Crippen molar-refractivity contribution in [3.8, 4) is 0 Å². The average Bonchev–Trinajstić information content (AvgIpc) is 2.01. The Morgan fingerprint density at radius 3 is 2.57 bits per heavy atom. The minimum Gasteiger partial charge on any atom is -0.309 e. The summed E-state index contributed by atoms with van der Waals surface area (Å²) < 4.78 is 0. The van der Waals surface area contributed by atoms with E-state index in [0.29, 0.717) is 5.54 Å². The van der Waals surface area contributed by atoms with Gasteiger partial charge in [-0.15, -0.1) is 0 Å². The van der Waals surface area contributed by atoms with Crippen LogP contribution in [0.2, 0.25) is 0 Å². The van der Waals surface area contributed by atoms with E-state index in [-0.39, 0.29) is 0 Å². The Labute approximate surface area is 89.1 Å². The fourth-order valence-corrected chi connectivity index (χ4v) is 2.30. The van der Waals surface area contributed by atoms with E-state index in [4.69, 9.17) is 0 Å². The van der Waals surface area contributed by atoms with Crippen LogP contribution in [0.4, 0.5) is 0 Å². The van der Waals surface area contributed by atoms with Crippen LogP contribution < -0.4 is 5.32 Å². The van der Waals surface area contributed by atoms with Gasteiger partial charge in [0.15, 0.2) is 0 Å². The summed E-state index contributed by atoms with van der Waals surface area (Å²) >= 11 is 0. The molecule has 1 aliphatic heterocycles. The highest BCUT2D eigenvalue weighted by Crippen LogP contribution is 2.18. The number of piperazine rings is 1. The Hall–Kier alpha value is -0.0800. The van der Waals surface area contributed by atoms with E-state index in [0.717, 1.165) is 18.5 Å². The molecule has 1 unspecified atom stereocenters. The van der Waals surface area contributed by atoms with Crippen molar-refractivity contribution < 1.29 is 0 Å². The Kier molecular flexibility index (Phi) is 3.96. The van der Waals surface area contributed by atoms with Gasteiger partial charge in [0.05, 0.1) is 0 Å². The first-order valence-corrected chi connectivity index (χ1v) is 5.93. The fraction of sp³-hybridized carbons (Fsp3) is 1.00. The molecule has 84 valence electrons. The Balaban J connectivity index is 2.56. The van der Waals surface area contributed by atoms with Crippen LogP contribution in [-0.4, -0.2) is 36.1 Å². The lowest BCUT2D eigenvalue weighted by Crippen LogP contribution is -2.61. The second-order valence-corrected chi connectivity index (χ2v) is 5.65. The third-order valence-electron chi connectivity index (χ3n) is 3.00. The number of hydrogen-bond donors (Lipinski definition) is 1. The molecule has 0 aromatic rings. The monoisotopic (exact) mass is 198 g/mol. The van der Waals surface area contributed by atoms with Crippen molar-refractivity contribution in [1.82, 2.24) is 10.2 Å². The lowest BCUT2D eigenvalue weighted by molar-refractivity contribution is 0.0816. The lowest BCUT2D eigenvalue weighted by atomic mass is 9.96. The molecule has 1 aliphatic rings. The maximum absolute atomic E-state index is 3.62. The van der Waals surface area contributed by atoms with Crippen LogP contribution in [0, 0.1) is 5.92 Å². The molecule has 0 amide bonds. The van der Waals surface area contributed by atoms with Gasteiger partial charge in [0, 0.05) is 31.2 Å². The summed E-state index contributed by atoms with van der Waals surface area (Å²) in [6.07, 6.45) is 1.26. The lowest BCUT2D eigenvalue weighted by Gasteiger charge is -2.45. The molecule has 1 fully saturated rings. The first-order valence-electron chi connectivity index (χ1n) is 5.93. The first kappa shape index (κ1) is 12.0. The molecule has 2 nitrogen and oxygen atoms in total. The molecule has 14 heavy (non-hydrogen) atoms. The molecule has 0 aromatic carbocycles. The highest BCUT2D eigenvalue weighted by Gasteiger charge is 2.31. The van der Waals surface area contributed by atoms with E-state index in [2.05, 4.69) is 44.8 Å². The van der Waals surface area contributed by atoms with Gasteiger partial charge in [0.25, 0.3) is 0 Å². The van der Waals surface area contributed by atoms with Crippen molar-refractivity contribution in [3.63, 3.8) is 0 Å². The zero-order valence-corrected chi connectivity index (χ0v) is 10.4. The largest absolute Gasteiger partial charge is 0.309 e. The van der Waals surface area contributed by atoms with Crippen LogP contribution in [0.1, 0.15) is 41.0 Å². The molecule has 1 heterocycles. The van der Waals surface area contributed by atoms with E-state index in [1.165, 1.54) is 19.5 Å². The number of rotatable bonds is 3. The highest BCUT2D eigenvalue weighted by atomic mass is 15.2. The Morgan fingerprint density at radius 1 is 1.43 bits per heavy atom. The summed E-state index contributed by atoms with van der Waals surface area (Å²) in [6.45, 7) is 15.1. The van der Waals surface area contributed by atoms with Gasteiger partial charge in [0.1, 0.15) is 0 Å². The van der Waals surface area contributed by atoms with Gasteiger partial charge in [-0.3, -0.25) is 4.90 Å². The average molecular weight is 198 g/mol. The molecule has 0 aromatic heterocycles. The number of nitrogens with zero attached hydrogens (tertiary/aromatic N) is 1. The minimum atomic E-state index is 0.292. The molecule has 0 spiro atoms. The topological polar surface area (TPSA) is 15.3 Å². The molecule has 1 atom stereocenters. The number of nitrogens with one attached hydrogen (secondary N) is 1. The fourth-order valence-electron chi connectivity index (χ4n) is 2.30. The van der Waals surface area contributed by atoms with E-state index < -0.39 is 0 Å². The van der Waals surface area contributed by atoms with Crippen LogP contribution in [0.15, 0.2) is 0 Å². The summed E-state index contributed by atoms with van der Waals surface area (Å²) in [5, 5.41) is 3.62. The van der Waals surface area contributed by atoms with Crippen molar-refractivity contribution in [2.45, 2.75) is 52.6 Å². The summed E-state index contributed by atoms with van der Waals surface area (Å²) in [5.41, 5.74) is 0.292. The standard InChI is InChI=1S/C12H26N2/c1-6-11-7-13-12(4,5)9-14(11)8-10(2)3/h10-11,13H,6-9H2,1-5H3. The predicted octanol–water partition coefficient (Wildman–Crippen LogP) is 2.10. The molecule has 0 bridgehead atoms. The maximum Gasteiger partial charge on any atom is 0.0252 e. The molecule has 1 saturated heterocycles. The van der Waals surface area contributed by atoms with Gasteiger partial charge in [-0.25, -0.2) is 0 Å². The molecular formula is C12H26N2. The summed E-state index contributed by atoms with van der Waals surface area (Å²) in [4.78, 5) is 2.65. The first-order chi connectivity index (χ1) is 6.44. The van der Waals surface area contributed by atoms with Gasteiger partial charge < -0.3 is 5.32 Å². The van der Waals surface area contributed by atoms with E-state index in [1.54, 1.807) is 0 Å². The molecule has 1 rings (SSSR count). The Morgan fingerprint density at radius 2 is 2.07 bits per heavy atom. The van der Waals surface area contributed by atoms with Crippen molar-refractivity contribution in [1.29, 1.82) is 0 Å². The van der Waals surface area contributed by atoms with Crippen molar-refractivity contribution in [2.75, 3.05) is 19.6 Å². The predicted molar refractivity (Wildman–Crippen MR) is 62.6 cm³/mol. The van der Waals surface area contributed by atoms with Gasteiger partial charge in [-0.05, 0) is 26.2 Å². The van der Waals surface area contributed by atoms with Crippen LogP contribution in [0.25, 0.3) is 0 Å². The van der Waals surface area contributed by atoms with Crippen LogP contribution in [-0.2, 0) is 0 Å². The van der Waals surface area contributed by atoms with Gasteiger partial charge >= 0.3 is 0 Å². The molecule has 0 radical (unpaired) electrons. The molecule has 0 aliphatic carbocycles. The molecule has 1 N–H and O–H groups in total. The van der Waals surface area contributed by atoms with E-state index in [9.17, 15) is 0 Å². The number of hydrogen-bond acceptors (Lipinski definition) is 2. The third-order valence-corrected chi connectivity index (χ3v) is 3.00. The third kappa shape index (κ3) is 3.25. The van der Waals surface area contributed by atoms with E-state index in [1.807, 2.05) is 0 Å². The zero-order chi connectivity index (χ0) is 10.8. The van der Waals surface area contributed by atoms with Crippen LogP contribution >= 0.6 is 0 Å². The summed E-state index contributed by atoms with van der Waals surface area (Å²) in [7, 11) is 0. The second-order valence-electron chi connectivity index (χ2n) is 5.65. The van der Waals surface area contributed by atoms with Crippen molar-refractivity contribution in [2.24, 2.45) is 5.92 Å². The highest BCUT2D eigenvalue weighted by molar-refractivity contribution is 4.91. The van der Waals surface area contributed by atoms with Crippen LogP contribution in [0.3, 0.4) is 0 Å². The SMILES string of the molecule is CCC1CNC(C)(C)CN1CC(C)C. The van der Waals surface area contributed by atoms with Gasteiger partial charge in [-0.2, -0.15) is 0 Å². The maximum atomic E-state index is 3.62. The smallest absolute Gasteiger partial charge is 0.0252 e. The van der Waals surface area contributed by atoms with Gasteiger partial charge in [-0.1, -0.05) is 20.8 Å². The Bertz CT molecular complexity index is 175. The summed E-state index contributed by atoms with van der Waals surface area (Å²) in [5.74, 6) is 0.776. The molecule has 2 heteroatoms. The normalized spacial score (nSPS) is 28.3. The second kappa shape index (κ2) is 4.63. The van der Waals surface area contributed by atoms with Crippen LogP contribution in [0.5, 0.6) is 0 Å². The minimum absolute atomic E-state index is 0.292. The quantitative estimate of drug-likeness (QED) is 0.747. The van der Waals surface area contributed by atoms with Gasteiger partial charge in [0.2, 0.25) is 0 Å².